The molecule has 21 heavy (non-hydrogen) atoms. The molecule has 1 unspecified atom stereocenters. The Kier molecular flexibility index (Phi) is 6.17. The van der Waals surface area contributed by atoms with E-state index in [1.807, 2.05) is 20.8 Å². The van der Waals surface area contributed by atoms with E-state index in [2.05, 4.69) is 10.6 Å². The number of nitrogens with one attached hydrogen (secondary N) is 2. The maximum Gasteiger partial charge on any atom is 0.256 e. The van der Waals surface area contributed by atoms with E-state index in [9.17, 15) is 4.79 Å². The van der Waals surface area contributed by atoms with Crippen LogP contribution < -0.4 is 15.4 Å². The molecule has 0 aliphatic heterocycles. The van der Waals surface area contributed by atoms with Crippen LogP contribution in [0.15, 0.2) is 24.3 Å². The molecule has 1 aromatic rings. The van der Waals surface area contributed by atoms with Gasteiger partial charge in [-0.05, 0) is 32.9 Å². The maximum absolute atomic E-state index is 12.4. The molecular formula is C14H19Cl3N2O2. The third-order valence-electron chi connectivity index (χ3n) is 2.53. The Hall–Kier alpha value is -0.680. The number of hydrogen-bond donors (Lipinski definition) is 2. The Morgan fingerprint density at radius 2 is 1.76 bits per heavy atom. The zero-order valence-electron chi connectivity index (χ0n) is 12.3. The van der Waals surface area contributed by atoms with E-state index < -0.39 is 9.96 Å². The van der Waals surface area contributed by atoms with Crippen LogP contribution in [0.1, 0.15) is 31.1 Å². The van der Waals surface area contributed by atoms with Gasteiger partial charge < -0.3 is 10.1 Å². The van der Waals surface area contributed by atoms with E-state index in [0.29, 0.717) is 11.3 Å². The second-order valence-electron chi connectivity index (χ2n) is 5.54. The fourth-order valence-electron chi connectivity index (χ4n) is 1.67. The Morgan fingerprint density at radius 3 is 2.24 bits per heavy atom. The fraction of sp³-hybridized carbons (Fsp3) is 0.500. The van der Waals surface area contributed by atoms with Gasteiger partial charge in [-0.3, -0.25) is 10.1 Å². The van der Waals surface area contributed by atoms with Crippen LogP contribution in [0, 0.1) is 0 Å². The van der Waals surface area contributed by atoms with Gasteiger partial charge in [0.2, 0.25) is 3.79 Å². The first-order valence-electron chi connectivity index (χ1n) is 6.33. The van der Waals surface area contributed by atoms with E-state index in [1.54, 1.807) is 24.3 Å². The summed E-state index contributed by atoms with van der Waals surface area (Å²) in [5, 5.41) is 5.74. The van der Waals surface area contributed by atoms with Gasteiger partial charge in [0.15, 0.2) is 0 Å². The van der Waals surface area contributed by atoms with Crippen molar-refractivity contribution in [1.29, 1.82) is 0 Å². The molecule has 7 heteroatoms. The molecule has 0 bridgehead atoms. The van der Waals surface area contributed by atoms with Crippen molar-refractivity contribution in [2.75, 3.05) is 7.11 Å². The minimum atomic E-state index is -1.69. The Labute approximate surface area is 140 Å². The zero-order chi connectivity index (χ0) is 16.3. The third-order valence-corrected chi connectivity index (χ3v) is 3.19. The number of carbonyl (C=O) groups is 1. The number of ether oxygens (including phenoxy) is 1. The molecule has 1 amide bonds. The molecule has 118 valence electrons. The van der Waals surface area contributed by atoms with Crippen LogP contribution >= 0.6 is 34.8 Å². The second-order valence-corrected chi connectivity index (χ2v) is 7.91. The van der Waals surface area contributed by atoms with Gasteiger partial charge in [-0.25, -0.2) is 0 Å². The molecule has 0 aliphatic rings. The standard InChI is InChI=1S/C14H19Cl3N2O2/c1-13(2,3)19-12(14(15,16)17)18-11(20)9-7-5-6-8-10(9)21-4/h5-8,12,19H,1-4H3,(H,18,20). The zero-order valence-corrected chi connectivity index (χ0v) is 14.6. The minimum absolute atomic E-state index is 0.345. The normalized spacial score (nSPS) is 13.7. The molecule has 0 radical (unpaired) electrons. The van der Waals surface area contributed by atoms with Crippen LogP contribution in [-0.4, -0.2) is 28.5 Å². The van der Waals surface area contributed by atoms with Gasteiger partial charge in [0.05, 0.1) is 12.7 Å². The van der Waals surface area contributed by atoms with Gasteiger partial charge in [-0.2, -0.15) is 0 Å². The van der Waals surface area contributed by atoms with E-state index in [4.69, 9.17) is 39.5 Å². The summed E-state index contributed by atoms with van der Waals surface area (Å²) in [4.78, 5) is 12.4. The number of amides is 1. The van der Waals surface area contributed by atoms with E-state index in [0.717, 1.165) is 0 Å². The summed E-state index contributed by atoms with van der Waals surface area (Å²) in [7, 11) is 1.49. The molecule has 0 heterocycles. The van der Waals surface area contributed by atoms with Gasteiger partial charge in [0.1, 0.15) is 11.9 Å². The largest absolute Gasteiger partial charge is 0.496 e. The van der Waals surface area contributed by atoms with Crippen molar-refractivity contribution in [1.82, 2.24) is 10.6 Å². The molecule has 4 nitrogen and oxygen atoms in total. The fourth-order valence-corrected chi connectivity index (χ4v) is 2.00. The van der Waals surface area contributed by atoms with Crippen molar-refractivity contribution in [3.8, 4) is 5.75 Å². The average molecular weight is 354 g/mol. The monoisotopic (exact) mass is 352 g/mol. The molecular weight excluding hydrogens is 335 g/mol. The summed E-state index contributed by atoms with van der Waals surface area (Å²) < 4.78 is 3.46. The smallest absolute Gasteiger partial charge is 0.256 e. The van der Waals surface area contributed by atoms with Gasteiger partial charge >= 0.3 is 0 Å². The number of hydrogen-bond acceptors (Lipinski definition) is 3. The Balaban J connectivity index is 2.96. The van der Waals surface area contributed by atoms with Gasteiger partial charge in [0.25, 0.3) is 5.91 Å². The number of para-hydroxylation sites is 1. The van der Waals surface area contributed by atoms with Crippen molar-refractivity contribution >= 4 is 40.7 Å². The third kappa shape index (κ3) is 5.91. The lowest BCUT2D eigenvalue weighted by molar-refractivity contribution is 0.0919. The summed E-state index contributed by atoms with van der Waals surface area (Å²) in [5.74, 6) is 0.0642. The van der Waals surface area contributed by atoms with Crippen molar-refractivity contribution in [2.45, 2.75) is 36.3 Å². The predicted molar refractivity (Wildman–Crippen MR) is 87.4 cm³/mol. The number of halogens is 3. The van der Waals surface area contributed by atoms with Crippen molar-refractivity contribution < 1.29 is 9.53 Å². The lowest BCUT2D eigenvalue weighted by atomic mass is 10.1. The molecule has 0 aliphatic carbocycles. The summed E-state index contributed by atoms with van der Waals surface area (Å²) in [5.41, 5.74) is 0.0257. The van der Waals surface area contributed by atoms with Crippen LogP contribution in [0.4, 0.5) is 0 Å². The Bertz CT molecular complexity index is 496. The SMILES string of the molecule is COc1ccccc1C(=O)NC(NC(C)(C)C)C(Cl)(Cl)Cl. The molecule has 1 atom stereocenters. The van der Waals surface area contributed by atoms with Crippen LogP contribution in [0.2, 0.25) is 0 Å². The van der Waals surface area contributed by atoms with E-state index >= 15 is 0 Å². The lowest BCUT2D eigenvalue weighted by Crippen LogP contribution is -2.58. The molecule has 0 fully saturated rings. The quantitative estimate of drug-likeness (QED) is 0.643. The molecule has 0 aromatic heterocycles. The van der Waals surface area contributed by atoms with Crippen molar-refractivity contribution in [3.05, 3.63) is 29.8 Å². The molecule has 0 spiro atoms. The number of benzene rings is 1. The average Bonchev–Trinajstić information content (AvgIpc) is 2.35. The molecule has 0 saturated heterocycles. The topological polar surface area (TPSA) is 50.4 Å². The molecule has 0 saturated carbocycles. The number of rotatable bonds is 4. The molecule has 1 rings (SSSR count). The first kappa shape index (κ1) is 18.4. The summed E-state index contributed by atoms with van der Waals surface area (Å²) in [6, 6.07) is 6.84. The summed E-state index contributed by atoms with van der Waals surface area (Å²) in [6.07, 6.45) is -0.847. The number of methoxy groups -OCH3 is 1. The van der Waals surface area contributed by atoms with Crippen LogP contribution in [-0.2, 0) is 0 Å². The van der Waals surface area contributed by atoms with Gasteiger partial charge in [-0.15, -0.1) is 0 Å². The van der Waals surface area contributed by atoms with Gasteiger partial charge in [0, 0.05) is 5.54 Å². The van der Waals surface area contributed by atoms with Crippen molar-refractivity contribution in [3.63, 3.8) is 0 Å². The molecule has 2 N–H and O–H groups in total. The Morgan fingerprint density at radius 1 is 1.19 bits per heavy atom. The highest BCUT2D eigenvalue weighted by molar-refractivity contribution is 6.68. The summed E-state index contributed by atoms with van der Waals surface area (Å²) >= 11 is 17.8. The van der Waals surface area contributed by atoms with E-state index in [-0.39, 0.29) is 11.4 Å². The predicted octanol–water partition coefficient (Wildman–Crippen LogP) is 3.51. The van der Waals surface area contributed by atoms with Crippen LogP contribution in [0.5, 0.6) is 5.75 Å². The first-order valence-corrected chi connectivity index (χ1v) is 7.46. The van der Waals surface area contributed by atoms with E-state index in [1.165, 1.54) is 7.11 Å². The number of alkyl halides is 3. The van der Waals surface area contributed by atoms with Gasteiger partial charge in [-0.1, -0.05) is 46.9 Å². The summed E-state index contributed by atoms with van der Waals surface area (Å²) in [6.45, 7) is 5.73. The highest BCUT2D eigenvalue weighted by Crippen LogP contribution is 2.30. The number of carbonyl (C=O) groups excluding carboxylic acids is 1. The van der Waals surface area contributed by atoms with Crippen molar-refractivity contribution in [2.24, 2.45) is 0 Å². The second kappa shape index (κ2) is 7.05. The highest BCUT2D eigenvalue weighted by atomic mass is 35.6. The lowest BCUT2D eigenvalue weighted by Gasteiger charge is -2.33. The molecule has 1 aromatic carbocycles. The highest BCUT2D eigenvalue weighted by Gasteiger charge is 2.36. The minimum Gasteiger partial charge on any atom is -0.496 e. The first-order chi connectivity index (χ1) is 9.54. The maximum atomic E-state index is 12.4. The van der Waals surface area contributed by atoms with Crippen LogP contribution in [0.3, 0.4) is 0 Å². The van der Waals surface area contributed by atoms with Crippen LogP contribution in [0.25, 0.3) is 0 Å².